The Bertz CT molecular complexity index is 678. The molecule has 0 aromatic rings. The van der Waals surface area contributed by atoms with Crippen LogP contribution in [-0.2, 0) is 33.2 Å². The summed E-state index contributed by atoms with van der Waals surface area (Å²) in [5.41, 5.74) is 0. The van der Waals surface area contributed by atoms with Gasteiger partial charge in [0.25, 0.3) is 0 Å². The molecular weight excluding hydrogens is 468 g/mol. The monoisotopic (exact) mass is 500 g/mol. The van der Waals surface area contributed by atoms with Gasteiger partial charge in [0.2, 0.25) is 0 Å². The van der Waals surface area contributed by atoms with Crippen molar-refractivity contribution in [3.05, 3.63) is 0 Å². The van der Waals surface area contributed by atoms with E-state index in [1.54, 1.807) is 0 Å². The van der Waals surface area contributed by atoms with Crippen molar-refractivity contribution >= 4 is 5.97 Å². The van der Waals surface area contributed by atoms with Crippen LogP contribution < -0.4 is 0 Å². The average molecular weight is 500 g/mol. The molecule has 0 aliphatic carbocycles. The van der Waals surface area contributed by atoms with Gasteiger partial charge < -0.3 is 69.3 Å². The second kappa shape index (κ2) is 11.3. The van der Waals surface area contributed by atoms with Gasteiger partial charge in [-0.05, 0) is 6.92 Å². The largest absolute Gasteiger partial charge is 0.457 e. The van der Waals surface area contributed by atoms with Gasteiger partial charge >= 0.3 is 5.97 Å². The van der Waals surface area contributed by atoms with Crippen LogP contribution in [0.5, 0.6) is 0 Å². The normalized spacial score (nSPS) is 50.1. The summed E-state index contributed by atoms with van der Waals surface area (Å²) in [5, 5.41) is 81.2. The van der Waals surface area contributed by atoms with Crippen LogP contribution in [0.25, 0.3) is 0 Å². The number of ether oxygens (including phenoxy) is 6. The van der Waals surface area contributed by atoms with E-state index < -0.39 is 98.6 Å². The lowest BCUT2D eigenvalue weighted by atomic mass is 9.97. The number of aliphatic hydroxyl groups excluding tert-OH is 8. The van der Waals surface area contributed by atoms with Gasteiger partial charge in [0.05, 0.1) is 19.3 Å². The molecule has 3 heterocycles. The minimum absolute atomic E-state index is 0.312. The Hall–Kier alpha value is -1.05. The quantitative estimate of drug-likeness (QED) is 0.159. The minimum atomic E-state index is -1.80. The Morgan fingerprint density at radius 3 is 2.06 bits per heavy atom. The van der Waals surface area contributed by atoms with Crippen molar-refractivity contribution in [3.8, 4) is 0 Å². The first-order valence-electron chi connectivity index (χ1n) is 10.7. The van der Waals surface area contributed by atoms with Crippen LogP contribution in [0.4, 0.5) is 0 Å². The van der Waals surface area contributed by atoms with Gasteiger partial charge in [-0.3, -0.25) is 4.79 Å². The number of aliphatic hydroxyl groups is 8. The molecule has 15 heteroatoms. The number of carbonyl (C=O) groups is 1. The molecule has 15 nitrogen and oxygen atoms in total. The highest BCUT2D eigenvalue weighted by molar-refractivity contribution is 5.66. The van der Waals surface area contributed by atoms with E-state index in [0.29, 0.717) is 0 Å². The molecule has 34 heavy (non-hydrogen) atoms. The molecule has 0 radical (unpaired) electrons. The molecule has 14 atom stereocenters. The van der Waals surface area contributed by atoms with Gasteiger partial charge in [0.15, 0.2) is 25.0 Å². The van der Waals surface area contributed by atoms with Gasteiger partial charge in [-0.15, -0.1) is 0 Å². The highest BCUT2D eigenvalue weighted by atomic mass is 16.8. The first kappa shape index (κ1) is 27.5. The summed E-state index contributed by atoms with van der Waals surface area (Å²) in [5.74, 6) is -0.707. The summed E-state index contributed by atoms with van der Waals surface area (Å²) in [4.78, 5) is 11.2. The van der Waals surface area contributed by atoms with Crippen molar-refractivity contribution in [1.82, 2.24) is 0 Å². The Morgan fingerprint density at radius 1 is 0.824 bits per heavy atom. The Labute approximate surface area is 193 Å². The Morgan fingerprint density at radius 2 is 1.44 bits per heavy atom. The molecule has 3 aliphatic heterocycles. The van der Waals surface area contributed by atoms with Crippen molar-refractivity contribution in [3.63, 3.8) is 0 Å². The van der Waals surface area contributed by atoms with Crippen LogP contribution in [0.2, 0.25) is 0 Å². The zero-order chi connectivity index (χ0) is 25.3. The lowest BCUT2D eigenvalue weighted by molar-refractivity contribution is -0.375. The molecule has 3 rings (SSSR count). The summed E-state index contributed by atoms with van der Waals surface area (Å²) in [7, 11) is 0. The smallest absolute Gasteiger partial charge is 0.303 e. The standard InChI is InChI=1S/C19H32O15/c1-5-9(22)15(33-18-13(26)12(25)10(23)7(3-20)32-18)14(27)19(30-5)34-16-11(24)8(31-6(2)21)4-29-17(16)28/h5,7-20,22-28H,3-4H2,1-2H3/t5-,7+,8-,9-,10+,11-,12-,13+,14+,15+,16+,17+,18-,19-/m0/s1. The van der Waals surface area contributed by atoms with E-state index in [1.165, 1.54) is 6.92 Å². The highest BCUT2D eigenvalue weighted by Crippen LogP contribution is 2.31. The van der Waals surface area contributed by atoms with Crippen LogP contribution in [0.3, 0.4) is 0 Å². The van der Waals surface area contributed by atoms with Gasteiger partial charge in [0, 0.05) is 6.92 Å². The number of rotatable bonds is 6. The molecule has 3 fully saturated rings. The van der Waals surface area contributed by atoms with E-state index in [4.69, 9.17) is 28.4 Å². The zero-order valence-electron chi connectivity index (χ0n) is 18.4. The van der Waals surface area contributed by atoms with E-state index in [2.05, 4.69) is 0 Å². The Kier molecular flexibility index (Phi) is 9.18. The number of esters is 1. The average Bonchev–Trinajstić information content (AvgIpc) is 2.79. The van der Waals surface area contributed by atoms with Gasteiger partial charge in [-0.25, -0.2) is 0 Å². The predicted molar refractivity (Wildman–Crippen MR) is 103 cm³/mol. The fourth-order valence-corrected chi connectivity index (χ4v) is 3.99. The second-order valence-corrected chi connectivity index (χ2v) is 8.45. The molecule has 0 aromatic carbocycles. The summed E-state index contributed by atoms with van der Waals surface area (Å²) < 4.78 is 31.7. The first-order valence-corrected chi connectivity index (χ1v) is 10.7. The van der Waals surface area contributed by atoms with Gasteiger partial charge in [-0.2, -0.15) is 0 Å². The fourth-order valence-electron chi connectivity index (χ4n) is 3.99. The fraction of sp³-hybridized carbons (Fsp3) is 0.947. The molecule has 0 unspecified atom stereocenters. The molecule has 3 aliphatic rings. The topological polar surface area (TPSA) is 234 Å². The van der Waals surface area contributed by atoms with Crippen LogP contribution in [-0.4, -0.2) is 146 Å². The predicted octanol–water partition coefficient (Wildman–Crippen LogP) is -5.34. The van der Waals surface area contributed by atoms with Crippen molar-refractivity contribution in [2.45, 2.75) is 99.9 Å². The van der Waals surface area contributed by atoms with E-state index in [1.807, 2.05) is 0 Å². The van der Waals surface area contributed by atoms with Crippen LogP contribution in [0.1, 0.15) is 13.8 Å². The third-order valence-electron chi connectivity index (χ3n) is 5.96. The summed E-state index contributed by atoms with van der Waals surface area (Å²) in [6.45, 7) is 1.49. The van der Waals surface area contributed by atoms with E-state index in [-0.39, 0.29) is 6.61 Å². The van der Waals surface area contributed by atoms with Crippen LogP contribution >= 0.6 is 0 Å². The van der Waals surface area contributed by atoms with Gasteiger partial charge in [-0.1, -0.05) is 0 Å². The summed E-state index contributed by atoms with van der Waals surface area (Å²) in [6, 6.07) is 0. The van der Waals surface area contributed by atoms with E-state index >= 15 is 0 Å². The third kappa shape index (κ3) is 5.67. The van der Waals surface area contributed by atoms with Crippen molar-refractivity contribution in [1.29, 1.82) is 0 Å². The van der Waals surface area contributed by atoms with Gasteiger partial charge in [0.1, 0.15) is 54.9 Å². The minimum Gasteiger partial charge on any atom is -0.457 e. The molecule has 0 bridgehead atoms. The molecule has 0 amide bonds. The van der Waals surface area contributed by atoms with Crippen molar-refractivity contribution < 1.29 is 74.1 Å². The van der Waals surface area contributed by atoms with Crippen molar-refractivity contribution in [2.24, 2.45) is 0 Å². The SMILES string of the molecule is CC(=O)O[C@H]1CO[C@@H](O)[C@H](O[C@@H]2O[C@@H](C)[C@H](O)[C@@H](O[C@@H]3O[C@H](CO)[C@@H](O)[C@H](O)[C@H]3O)[C@H]2O)[C@H]1O. The third-order valence-corrected chi connectivity index (χ3v) is 5.96. The highest BCUT2D eigenvalue weighted by Gasteiger charge is 2.52. The molecule has 3 saturated heterocycles. The molecule has 0 aromatic heterocycles. The Balaban J connectivity index is 1.72. The maximum atomic E-state index is 11.2. The zero-order valence-corrected chi connectivity index (χ0v) is 18.4. The lowest BCUT2D eigenvalue weighted by Gasteiger charge is -2.47. The van der Waals surface area contributed by atoms with Crippen LogP contribution in [0.15, 0.2) is 0 Å². The maximum absolute atomic E-state index is 11.2. The molecule has 0 spiro atoms. The molecule has 8 N–H and O–H groups in total. The lowest BCUT2D eigenvalue weighted by Crippen LogP contribution is -2.65. The van der Waals surface area contributed by atoms with E-state index in [0.717, 1.165) is 6.92 Å². The van der Waals surface area contributed by atoms with Crippen molar-refractivity contribution in [2.75, 3.05) is 13.2 Å². The summed E-state index contributed by atoms with van der Waals surface area (Å²) >= 11 is 0. The first-order chi connectivity index (χ1) is 16.0. The number of carbonyl (C=O) groups excluding carboxylic acids is 1. The molecule has 198 valence electrons. The molecular formula is C19H32O15. The maximum Gasteiger partial charge on any atom is 0.303 e. The second-order valence-electron chi connectivity index (χ2n) is 8.45. The summed E-state index contributed by atoms with van der Waals surface area (Å²) in [6.07, 6.45) is -21.6. The molecule has 0 saturated carbocycles. The number of hydrogen-bond donors (Lipinski definition) is 8. The van der Waals surface area contributed by atoms with E-state index in [9.17, 15) is 45.6 Å². The number of hydrogen-bond acceptors (Lipinski definition) is 15. The van der Waals surface area contributed by atoms with Crippen LogP contribution in [0, 0.1) is 0 Å².